The van der Waals surface area contributed by atoms with Gasteiger partial charge in [0, 0.05) is 31.8 Å². The topological polar surface area (TPSA) is 64.1 Å². The molecule has 0 atom stereocenters. The molecule has 6 nitrogen and oxygen atoms in total. The average molecular weight is 389 g/mol. The summed E-state index contributed by atoms with van der Waals surface area (Å²) in [6.45, 7) is 3.09. The van der Waals surface area contributed by atoms with Gasteiger partial charge in [0.05, 0.1) is 21.3 Å². The minimum absolute atomic E-state index is 0.212. The van der Waals surface area contributed by atoms with Crippen LogP contribution in [0.5, 0.6) is 17.2 Å². The van der Waals surface area contributed by atoms with E-state index in [0.29, 0.717) is 36.3 Å². The van der Waals surface area contributed by atoms with Crippen molar-refractivity contribution < 1.29 is 18.6 Å². The van der Waals surface area contributed by atoms with E-state index in [1.54, 1.807) is 40.5 Å². The van der Waals surface area contributed by atoms with Gasteiger partial charge in [0.1, 0.15) is 11.6 Å². The molecule has 2 rings (SSSR count). The first kappa shape index (κ1) is 21.3. The summed E-state index contributed by atoms with van der Waals surface area (Å²) in [5.41, 5.74) is 2.96. The van der Waals surface area contributed by atoms with Gasteiger partial charge in [-0.1, -0.05) is 6.07 Å². The minimum Gasteiger partial charge on any atom is -0.496 e. The molecule has 152 valence electrons. The van der Waals surface area contributed by atoms with E-state index in [-0.39, 0.29) is 5.82 Å². The molecule has 0 unspecified atom stereocenters. The predicted molar refractivity (Wildman–Crippen MR) is 109 cm³/mol. The van der Waals surface area contributed by atoms with Crippen LogP contribution in [0, 0.1) is 12.7 Å². The van der Waals surface area contributed by atoms with Gasteiger partial charge < -0.3 is 24.8 Å². The molecule has 0 saturated carbocycles. The highest BCUT2D eigenvalue weighted by Gasteiger charge is 2.12. The summed E-state index contributed by atoms with van der Waals surface area (Å²) in [7, 11) is 6.51. The van der Waals surface area contributed by atoms with Crippen molar-refractivity contribution in [3.05, 3.63) is 52.8 Å². The van der Waals surface area contributed by atoms with Gasteiger partial charge in [0.25, 0.3) is 0 Å². The van der Waals surface area contributed by atoms with E-state index < -0.39 is 0 Å². The van der Waals surface area contributed by atoms with Gasteiger partial charge in [0.2, 0.25) is 0 Å². The minimum atomic E-state index is -0.212. The van der Waals surface area contributed by atoms with Gasteiger partial charge in [-0.2, -0.15) is 0 Å². The molecule has 0 saturated heterocycles. The second-order valence-electron chi connectivity index (χ2n) is 6.19. The number of ether oxygens (including phenoxy) is 3. The van der Waals surface area contributed by atoms with Crippen molar-refractivity contribution in [2.45, 2.75) is 19.9 Å². The number of rotatable bonds is 8. The van der Waals surface area contributed by atoms with Gasteiger partial charge in [-0.05, 0) is 42.7 Å². The van der Waals surface area contributed by atoms with E-state index in [1.165, 1.54) is 6.07 Å². The van der Waals surface area contributed by atoms with Crippen LogP contribution in [0.3, 0.4) is 0 Å². The molecule has 2 aromatic carbocycles. The Morgan fingerprint density at radius 2 is 1.61 bits per heavy atom. The molecule has 0 aliphatic rings. The van der Waals surface area contributed by atoms with Crippen molar-refractivity contribution in [3.8, 4) is 17.2 Å². The molecule has 28 heavy (non-hydrogen) atoms. The summed E-state index contributed by atoms with van der Waals surface area (Å²) in [6.07, 6.45) is 0.770. The number of methoxy groups -OCH3 is 3. The Kier molecular flexibility index (Phi) is 7.92. The molecule has 2 aromatic rings. The first-order valence-electron chi connectivity index (χ1n) is 9.00. The number of aliphatic imine (C=N–C) groups is 1. The van der Waals surface area contributed by atoms with Crippen LogP contribution in [0.2, 0.25) is 0 Å². The highest BCUT2D eigenvalue weighted by Crippen LogP contribution is 2.34. The lowest BCUT2D eigenvalue weighted by Crippen LogP contribution is -2.38. The van der Waals surface area contributed by atoms with Crippen molar-refractivity contribution in [1.82, 2.24) is 10.6 Å². The van der Waals surface area contributed by atoms with Crippen LogP contribution < -0.4 is 24.8 Å². The third-order valence-electron chi connectivity index (χ3n) is 4.45. The highest BCUT2D eigenvalue weighted by atomic mass is 19.1. The maximum absolute atomic E-state index is 13.2. The molecule has 0 aliphatic heterocycles. The van der Waals surface area contributed by atoms with Crippen molar-refractivity contribution in [1.29, 1.82) is 0 Å². The Balaban J connectivity index is 1.96. The lowest BCUT2D eigenvalue weighted by molar-refractivity contribution is 0.347. The van der Waals surface area contributed by atoms with Crippen molar-refractivity contribution >= 4 is 5.96 Å². The molecule has 7 heteroatoms. The Labute approximate surface area is 165 Å². The standard InChI is InChI=1S/C21H28FN3O3/c1-14-10-17(22)7-6-15(14)8-9-24-21(23-2)25-13-16-11-19(27-4)20(28-5)12-18(16)26-3/h6-7,10-12H,8-9,13H2,1-5H3,(H2,23,24,25). The molecular formula is C21H28FN3O3. The summed E-state index contributed by atoms with van der Waals surface area (Å²) >= 11 is 0. The quantitative estimate of drug-likeness (QED) is 0.537. The molecule has 0 heterocycles. The Hall–Kier alpha value is -2.96. The number of halogens is 1. The third kappa shape index (κ3) is 5.52. The van der Waals surface area contributed by atoms with E-state index in [9.17, 15) is 4.39 Å². The number of hydrogen-bond acceptors (Lipinski definition) is 4. The molecular weight excluding hydrogens is 361 g/mol. The van der Waals surface area contributed by atoms with E-state index in [4.69, 9.17) is 14.2 Å². The zero-order valence-corrected chi connectivity index (χ0v) is 17.1. The summed E-state index contributed by atoms with van der Waals surface area (Å²) in [6, 6.07) is 8.52. The van der Waals surface area contributed by atoms with Crippen LogP contribution in [0.15, 0.2) is 35.3 Å². The predicted octanol–water partition coefficient (Wildman–Crippen LogP) is 3.07. The third-order valence-corrected chi connectivity index (χ3v) is 4.45. The maximum atomic E-state index is 13.2. The van der Waals surface area contributed by atoms with Gasteiger partial charge in [-0.25, -0.2) is 4.39 Å². The van der Waals surface area contributed by atoms with E-state index in [1.807, 2.05) is 19.1 Å². The average Bonchev–Trinajstić information content (AvgIpc) is 2.71. The Bertz CT molecular complexity index is 825. The normalized spacial score (nSPS) is 11.1. The van der Waals surface area contributed by atoms with E-state index in [0.717, 1.165) is 23.1 Å². The molecule has 0 aromatic heterocycles. The number of nitrogens with zero attached hydrogens (tertiary/aromatic N) is 1. The molecule has 0 fully saturated rings. The molecule has 0 spiro atoms. The summed E-state index contributed by atoms with van der Waals surface area (Å²) in [4.78, 5) is 4.24. The van der Waals surface area contributed by atoms with Gasteiger partial charge >= 0.3 is 0 Å². The lowest BCUT2D eigenvalue weighted by atomic mass is 10.1. The maximum Gasteiger partial charge on any atom is 0.191 e. The van der Waals surface area contributed by atoms with Gasteiger partial charge in [-0.15, -0.1) is 0 Å². The second kappa shape index (κ2) is 10.4. The van der Waals surface area contributed by atoms with Crippen LogP contribution in [0.1, 0.15) is 16.7 Å². The van der Waals surface area contributed by atoms with Crippen molar-refractivity contribution in [2.24, 2.45) is 4.99 Å². The SMILES string of the molecule is CN=C(NCCc1ccc(F)cc1C)NCc1cc(OC)c(OC)cc1OC. The number of nitrogens with one attached hydrogen (secondary N) is 2. The first-order valence-corrected chi connectivity index (χ1v) is 9.00. The zero-order chi connectivity index (χ0) is 20.5. The van der Waals surface area contributed by atoms with Crippen LogP contribution in [-0.4, -0.2) is 40.9 Å². The fraction of sp³-hybridized carbons (Fsp3) is 0.381. The number of benzene rings is 2. The first-order chi connectivity index (χ1) is 13.5. The van der Waals surface area contributed by atoms with Crippen LogP contribution >= 0.6 is 0 Å². The number of guanidine groups is 1. The van der Waals surface area contributed by atoms with Crippen molar-refractivity contribution in [2.75, 3.05) is 34.9 Å². The van der Waals surface area contributed by atoms with Crippen LogP contribution in [0.4, 0.5) is 4.39 Å². The van der Waals surface area contributed by atoms with Crippen LogP contribution in [0.25, 0.3) is 0 Å². The van der Waals surface area contributed by atoms with E-state index in [2.05, 4.69) is 15.6 Å². The molecule has 0 bridgehead atoms. The monoisotopic (exact) mass is 389 g/mol. The summed E-state index contributed by atoms with van der Waals surface area (Å²) in [5.74, 6) is 2.39. The smallest absolute Gasteiger partial charge is 0.191 e. The van der Waals surface area contributed by atoms with Crippen molar-refractivity contribution in [3.63, 3.8) is 0 Å². The fourth-order valence-corrected chi connectivity index (χ4v) is 2.89. The number of aryl methyl sites for hydroxylation is 1. The Morgan fingerprint density at radius 3 is 2.21 bits per heavy atom. The summed E-state index contributed by atoms with van der Waals surface area (Å²) < 4.78 is 29.3. The number of hydrogen-bond donors (Lipinski definition) is 2. The lowest BCUT2D eigenvalue weighted by Gasteiger charge is -2.16. The molecule has 0 radical (unpaired) electrons. The summed E-state index contributed by atoms with van der Waals surface area (Å²) in [5, 5.41) is 6.53. The largest absolute Gasteiger partial charge is 0.496 e. The molecule has 0 aliphatic carbocycles. The van der Waals surface area contributed by atoms with E-state index >= 15 is 0 Å². The Morgan fingerprint density at radius 1 is 0.929 bits per heavy atom. The van der Waals surface area contributed by atoms with Crippen LogP contribution in [-0.2, 0) is 13.0 Å². The van der Waals surface area contributed by atoms with Gasteiger partial charge in [-0.3, -0.25) is 4.99 Å². The second-order valence-corrected chi connectivity index (χ2v) is 6.19. The zero-order valence-electron chi connectivity index (χ0n) is 17.1. The fourth-order valence-electron chi connectivity index (χ4n) is 2.89. The molecule has 0 amide bonds. The molecule has 2 N–H and O–H groups in total. The van der Waals surface area contributed by atoms with Gasteiger partial charge in [0.15, 0.2) is 17.5 Å². The highest BCUT2D eigenvalue weighted by molar-refractivity contribution is 5.79.